The average molecular weight is 481 g/mol. The van der Waals surface area contributed by atoms with Crippen molar-refractivity contribution >= 4 is 0 Å². The molecule has 0 atom stereocenters. The van der Waals surface area contributed by atoms with E-state index in [1.165, 1.54) is 13.2 Å². The Labute approximate surface area is 209 Å². The summed E-state index contributed by atoms with van der Waals surface area (Å²) in [5, 5.41) is 0. The van der Waals surface area contributed by atoms with Gasteiger partial charge in [-0.15, -0.1) is 0 Å². The van der Waals surface area contributed by atoms with Crippen LogP contribution in [-0.4, -0.2) is 23.8 Å². The summed E-state index contributed by atoms with van der Waals surface area (Å²) < 4.78 is 33.4. The number of methoxy groups -OCH3 is 2. The monoisotopic (exact) mass is 480 g/mol. The van der Waals surface area contributed by atoms with Crippen LogP contribution < -0.4 is 14.2 Å². The van der Waals surface area contributed by atoms with Crippen molar-refractivity contribution in [1.29, 1.82) is 0 Å². The van der Waals surface area contributed by atoms with E-state index in [0.29, 0.717) is 29.4 Å². The minimum atomic E-state index is -0.447. The molecule has 5 rings (SSSR count). The number of hydrogen-bond acceptors (Lipinski definition) is 4. The molecule has 0 aliphatic rings. The van der Waals surface area contributed by atoms with E-state index in [4.69, 9.17) is 14.2 Å². The molecular formula is C30H25FN2O3. The molecule has 0 saturated carbocycles. The van der Waals surface area contributed by atoms with E-state index in [1.54, 1.807) is 25.6 Å². The van der Waals surface area contributed by atoms with Crippen molar-refractivity contribution in [2.75, 3.05) is 14.2 Å². The lowest BCUT2D eigenvalue weighted by Crippen LogP contribution is -2.00. The molecule has 36 heavy (non-hydrogen) atoms. The number of para-hydroxylation sites is 1. The molecule has 0 aliphatic carbocycles. The molecule has 0 aliphatic heterocycles. The van der Waals surface area contributed by atoms with Crippen molar-refractivity contribution in [2.45, 2.75) is 6.61 Å². The van der Waals surface area contributed by atoms with E-state index in [0.717, 1.165) is 22.5 Å². The maximum atomic E-state index is 14.6. The van der Waals surface area contributed by atoms with Gasteiger partial charge >= 0.3 is 0 Å². The maximum Gasteiger partial charge on any atom is 0.165 e. The van der Waals surface area contributed by atoms with E-state index < -0.39 is 5.82 Å². The van der Waals surface area contributed by atoms with E-state index in [1.807, 2.05) is 83.4 Å². The highest BCUT2D eigenvalue weighted by molar-refractivity contribution is 5.81. The standard InChI is InChI=1S/C30H25FN2O3/c1-34-26-15-13-22(17-25(26)31)29-30(33(20-32-29)24-11-7-4-8-12-24)23-14-16-27(35-2)28(18-23)36-19-21-9-5-3-6-10-21/h3-18,20H,19H2,1-2H3. The average Bonchev–Trinajstić information content (AvgIpc) is 3.38. The van der Waals surface area contributed by atoms with Crippen LogP contribution in [0, 0.1) is 5.82 Å². The number of imidazole rings is 1. The molecule has 0 N–H and O–H groups in total. The summed E-state index contributed by atoms with van der Waals surface area (Å²) >= 11 is 0. The topological polar surface area (TPSA) is 45.5 Å². The third kappa shape index (κ3) is 4.66. The van der Waals surface area contributed by atoms with E-state index >= 15 is 0 Å². The van der Waals surface area contributed by atoms with Crippen LogP contribution >= 0.6 is 0 Å². The molecule has 0 radical (unpaired) electrons. The lowest BCUT2D eigenvalue weighted by molar-refractivity contribution is 0.284. The predicted octanol–water partition coefficient (Wildman–Crippen LogP) is 6.94. The van der Waals surface area contributed by atoms with Gasteiger partial charge in [-0.05, 0) is 54.1 Å². The van der Waals surface area contributed by atoms with Crippen LogP contribution in [0.4, 0.5) is 4.39 Å². The van der Waals surface area contributed by atoms with Gasteiger partial charge in [-0.1, -0.05) is 48.5 Å². The number of aromatic nitrogens is 2. The molecule has 0 saturated heterocycles. The first-order valence-electron chi connectivity index (χ1n) is 11.5. The van der Waals surface area contributed by atoms with Crippen molar-refractivity contribution in [3.63, 3.8) is 0 Å². The van der Waals surface area contributed by atoms with Crippen LogP contribution in [-0.2, 0) is 6.61 Å². The summed E-state index contributed by atoms with van der Waals surface area (Å²) in [6.07, 6.45) is 1.75. The molecule has 6 heteroatoms. The number of hydrogen-bond donors (Lipinski definition) is 0. The molecule has 0 amide bonds. The minimum absolute atomic E-state index is 0.184. The molecule has 4 aromatic carbocycles. The van der Waals surface area contributed by atoms with E-state index in [-0.39, 0.29) is 5.75 Å². The third-order valence-corrected chi connectivity index (χ3v) is 5.90. The Morgan fingerprint density at radius 1 is 0.722 bits per heavy atom. The molecular weight excluding hydrogens is 455 g/mol. The number of ether oxygens (including phenoxy) is 3. The molecule has 0 spiro atoms. The van der Waals surface area contributed by atoms with Gasteiger partial charge in [0.05, 0.1) is 25.6 Å². The van der Waals surface area contributed by atoms with Crippen molar-refractivity contribution < 1.29 is 18.6 Å². The van der Waals surface area contributed by atoms with Gasteiger partial charge in [0.2, 0.25) is 0 Å². The van der Waals surface area contributed by atoms with Gasteiger partial charge < -0.3 is 14.2 Å². The van der Waals surface area contributed by atoms with Crippen molar-refractivity contribution in [2.24, 2.45) is 0 Å². The highest BCUT2D eigenvalue weighted by Gasteiger charge is 2.19. The molecule has 0 fully saturated rings. The molecule has 0 bridgehead atoms. The fourth-order valence-electron chi connectivity index (χ4n) is 4.11. The summed E-state index contributed by atoms with van der Waals surface area (Å²) in [7, 11) is 3.06. The summed E-state index contributed by atoms with van der Waals surface area (Å²) in [4.78, 5) is 4.69. The summed E-state index contributed by atoms with van der Waals surface area (Å²) in [5.41, 5.74) is 4.92. The SMILES string of the molecule is COc1ccc(-c2ncn(-c3ccccc3)c2-c2ccc(OC)c(OCc3ccccc3)c2)cc1F. The van der Waals surface area contributed by atoms with Crippen LogP contribution in [0.1, 0.15) is 5.56 Å². The first-order valence-corrected chi connectivity index (χ1v) is 11.5. The first-order chi connectivity index (χ1) is 17.7. The van der Waals surface area contributed by atoms with Crippen molar-refractivity contribution in [3.8, 4) is 45.5 Å². The Kier molecular flexibility index (Phi) is 6.67. The molecule has 0 unspecified atom stereocenters. The Morgan fingerprint density at radius 2 is 1.39 bits per heavy atom. The maximum absolute atomic E-state index is 14.6. The van der Waals surface area contributed by atoms with Crippen LogP contribution in [0.25, 0.3) is 28.2 Å². The minimum Gasteiger partial charge on any atom is -0.494 e. The highest BCUT2D eigenvalue weighted by atomic mass is 19.1. The second-order valence-electron chi connectivity index (χ2n) is 8.14. The molecule has 5 aromatic rings. The van der Waals surface area contributed by atoms with Gasteiger partial charge in [0.25, 0.3) is 0 Å². The summed E-state index contributed by atoms with van der Waals surface area (Å²) in [5.74, 6) is 0.963. The van der Waals surface area contributed by atoms with Gasteiger partial charge in [-0.2, -0.15) is 0 Å². The Balaban J connectivity index is 1.63. The molecule has 5 nitrogen and oxygen atoms in total. The predicted molar refractivity (Wildman–Crippen MR) is 138 cm³/mol. The number of halogens is 1. The van der Waals surface area contributed by atoms with E-state index in [2.05, 4.69) is 4.98 Å². The molecule has 1 heterocycles. The Bertz CT molecular complexity index is 1470. The van der Waals surface area contributed by atoms with Gasteiger partial charge in [-0.3, -0.25) is 4.57 Å². The molecule has 1 aromatic heterocycles. The van der Waals surface area contributed by atoms with Gasteiger partial charge in [0.1, 0.15) is 12.9 Å². The Morgan fingerprint density at radius 3 is 2.08 bits per heavy atom. The highest BCUT2D eigenvalue weighted by Crippen LogP contribution is 2.39. The lowest BCUT2D eigenvalue weighted by atomic mass is 10.0. The smallest absolute Gasteiger partial charge is 0.165 e. The van der Waals surface area contributed by atoms with Crippen LogP contribution in [0.2, 0.25) is 0 Å². The number of rotatable bonds is 8. The van der Waals surface area contributed by atoms with E-state index in [9.17, 15) is 4.39 Å². The second kappa shape index (κ2) is 10.4. The lowest BCUT2D eigenvalue weighted by Gasteiger charge is -2.15. The largest absolute Gasteiger partial charge is 0.494 e. The fraction of sp³-hybridized carbons (Fsp3) is 0.100. The van der Waals surface area contributed by atoms with Crippen LogP contribution in [0.5, 0.6) is 17.2 Å². The molecule has 180 valence electrons. The number of nitrogens with zero attached hydrogens (tertiary/aromatic N) is 2. The van der Waals surface area contributed by atoms with Crippen molar-refractivity contribution in [3.05, 3.63) is 115 Å². The number of benzene rings is 4. The first kappa shape index (κ1) is 23.2. The van der Waals surface area contributed by atoms with Gasteiger partial charge in [0.15, 0.2) is 23.1 Å². The van der Waals surface area contributed by atoms with Crippen molar-refractivity contribution in [1.82, 2.24) is 9.55 Å². The zero-order chi connectivity index (χ0) is 24.9. The normalized spacial score (nSPS) is 10.8. The van der Waals surface area contributed by atoms with Gasteiger partial charge in [0, 0.05) is 16.8 Å². The van der Waals surface area contributed by atoms with Crippen LogP contribution in [0.15, 0.2) is 103 Å². The Hall–Kier alpha value is -4.58. The zero-order valence-corrected chi connectivity index (χ0v) is 20.0. The third-order valence-electron chi connectivity index (χ3n) is 5.90. The quantitative estimate of drug-likeness (QED) is 0.241. The van der Waals surface area contributed by atoms with Crippen LogP contribution in [0.3, 0.4) is 0 Å². The van der Waals surface area contributed by atoms with Gasteiger partial charge in [-0.25, -0.2) is 9.37 Å². The summed E-state index contributed by atoms with van der Waals surface area (Å²) in [6.45, 7) is 0.398. The fourth-order valence-corrected chi connectivity index (χ4v) is 4.11. The summed E-state index contributed by atoms with van der Waals surface area (Å²) in [6, 6.07) is 30.5. The second-order valence-corrected chi connectivity index (χ2v) is 8.14. The zero-order valence-electron chi connectivity index (χ0n) is 20.0.